The van der Waals surface area contributed by atoms with E-state index in [0.717, 1.165) is 0 Å². The number of halogens is 1. The molecule has 3 aromatic rings. The van der Waals surface area contributed by atoms with Crippen LogP contribution in [0.2, 0.25) is 0 Å². The highest BCUT2D eigenvalue weighted by Gasteiger charge is 2.18. The second-order valence-electron chi connectivity index (χ2n) is 4.81. The summed E-state index contributed by atoms with van der Waals surface area (Å²) < 4.78 is 20.7. The predicted octanol–water partition coefficient (Wildman–Crippen LogP) is 3.39. The molecule has 0 saturated carbocycles. The molecule has 0 unspecified atom stereocenters. The second kappa shape index (κ2) is 5.92. The van der Waals surface area contributed by atoms with Crippen molar-refractivity contribution < 1.29 is 19.0 Å². The minimum Gasteiger partial charge on any atom is -0.497 e. The van der Waals surface area contributed by atoms with Crippen LogP contribution < -0.4 is 4.74 Å². The highest BCUT2D eigenvalue weighted by molar-refractivity contribution is 5.86. The van der Waals surface area contributed by atoms with Gasteiger partial charge in [0.2, 0.25) is 0 Å². The van der Waals surface area contributed by atoms with E-state index in [1.54, 1.807) is 42.5 Å². The summed E-state index contributed by atoms with van der Waals surface area (Å²) in [6, 6.07) is 13.1. The molecule has 0 spiro atoms. The summed E-state index contributed by atoms with van der Waals surface area (Å²) in [6.45, 7) is 0. The molecule has 0 saturated heterocycles. The van der Waals surface area contributed by atoms with Crippen LogP contribution in [-0.4, -0.2) is 27.7 Å². The molecule has 2 aromatic carbocycles. The molecule has 6 heteroatoms. The lowest BCUT2D eigenvalue weighted by molar-refractivity contribution is 0.0691. The highest BCUT2D eigenvalue weighted by Crippen LogP contribution is 2.27. The van der Waals surface area contributed by atoms with E-state index in [2.05, 4.69) is 4.98 Å². The number of hydrogen-bond acceptors (Lipinski definition) is 3. The van der Waals surface area contributed by atoms with Gasteiger partial charge in [0.15, 0.2) is 5.69 Å². The van der Waals surface area contributed by atoms with Crippen LogP contribution >= 0.6 is 0 Å². The number of aromatic carboxylic acids is 1. The van der Waals surface area contributed by atoms with Gasteiger partial charge in [0.05, 0.1) is 12.8 Å². The molecular weight excluding hydrogens is 299 g/mol. The number of carbonyl (C=O) groups is 1. The topological polar surface area (TPSA) is 64.3 Å². The Kier molecular flexibility index (Phi) is 3.80. The van der Waals surface area contributed by atoms with Gasteiger partial charge in [-0.3, -0.25) is 4.57 Å². The summed E-state index contributed by atoms with van der Waals surface area (Å²) in [7, 11) is 1.53. The predicted molar refractivity (Wildman–Crippen MR) is 82.5 cm³/mol. The van der Waals surface area contributed by atoms with Gasteiger partial charge in [0, 0.05) is 11.8 Å². The normalized spacial score (nSPS) is 10.5. The van der Waals surface area contributed by atoms with Crippen LogP contribution in [0.1, 0.15) is 10.5 Å². The number of methoxy groups -OCH3 is 1. The number of para-hydroxylation sites is 1. The Morgan fingerprint density at radius 1 is 1.22 bits per heavy atom. The number of carboxylic acids is 1. The summed E-state index contributed by atoms with van der Waals surface area (Å²) in [5, 5.41) is 9.19. The summed E-state index contributed by atoms with van der Waals surface area (Å²) >= 11 is 0. The minimum atomic E-state index is -1.18. The van der Waals surface area contributed by atoms with Crippen molar-refractivity contribution in [1.29, 1.82) is 0 Å². The van der Waals surface area contributed by atoms with Gasteiger partial charge < -0.3 is 9.84 Å². The molecule has 1 N–H and O–H groups in total. The molecule has 0 amide bonds. The first-order valence-electron chi connectivity index (χ1n) is 6.82. The lowest BCUT2D eigenvalue weighted by Gasteiger charge is -2.09. The maximum atomic E-state index is 14.1. The van der Waals surface area contributed by atoms with Crippen LogP contribution in [0, 0.1) is 5.82 Å². The number of hydrogen-bond donors (Lipinski definition) is 1. The van der Waals surface area contributed by atoms with Crippen molar-refractivity contribution in [2.75, 3.05) is 7.11 Å². The zero-order chi connectivity index (χ0) is 16.4. The van der Waals surface area contributed by atoms with Gasteiger partial charge in [-0.15, -0.1) is 0 Å². The van der Waals surface area contributed by atoms with Gasteiger partial charge in [-0.1, -0.05) is 24.3 Å². The molecule has 0 bridgehead atoms. The Labute approximate surface area is 131 Å². The van der Waals surface area contributed by atoms with E-state index in [9.17, 15) is 14.3 Å². The van der Waals surface area contributed by atoms with E-state index in [0.29, 0.717) is 17.1 Å². The van der Waals surface area contributed by atoms with E-state index < -0.39 is 11.8 Å². The zero-order valence-corrected chi connectivity index (χ0v) is 12.2. The standard InChI is InChI=1S/C17H13FN2O3/c1-23-12-6-4-5-11(9-12)16-19-14(17(21)22)10-20(16)15-8-3-2-7-13(15)18/h2-10H,1H3,(H,21,22). The first-order valence-corrected chi connectivity index (χ1v) is 6.82. The van der Waals surface area contributed by atoms with Crippen LogP contribution in [0.3, 0.4) is 0 Å². The Morgan fingerprint density at radius 2 is 2.00 bits per heavy atom. The second-order valence-corrected chi connectivity index (χ2v) is 4.81. The maximum absolute atomic E-state index is 14.1. The molecule has 0 radical (unpaired) electrons. The minimum absolute atomic E-state index is 0.161. The van der Waals surface area contributed by atoms with Crippen LogP contribution in [0.5, 0.6) is 5.75 Å². The first kappa shape index (κ1) is 14.8. The molecule has 0 aliphatic rings. The summed E-state index contributed by atoms with van der Waals surface area (Å²) in [4.78, 5) is 15.4. The van der Waals surface area contributed by atoms with Crippen molar-refractivity contribution in [3.05, 3.63) is 66.2 Å². The quantitative estimate of drug-likeness (QED) is 0.802. The largest absolute Gasteiger partial charge is 0.497 e. The first-order chi connectivity index (χ1) is 11.1. The Bertz CT molecular complexity index is 874. The smallest absolute Gasteiger partial charge is 0.356 e. The monoisotopic (exact) mass is 312 g/mol. The molecule has 23 heavy (non-hydrogen) atoms. The van der Waals surface area contributed by atoms with Gasteiger partial charge in [-0.05, 0) is 24.3 Å². The number of imidazole rings is 1. The molecule has 0 aliphatic heterocycles. The van der Waals surface area contributed by atoms with E-state index in [1.807, 2.05) is 0 Å². The van der Waals surface area contributed by atoms with E-state index in [4.69, 9.17) is 4.74 Å². The van der Waals surface area contributed by atoms with Crippen molar-refractivity contribution in [1.82, 2.24) is 9.55 Å². The molecular formula is C17H13FN2O3. The van der Waals surface area contributed by atoms with Gasteiger partial charge in [-0.25, -0.2) is 14.2 Å². The highest BCUT2D eigenvalue weighted by atomic mass is 19.1. The Balaban J connectivity index is 2.23. The lowest BCUT2D eigenvalue weighted by Crippen LogP contribution is -1.99. The maximum Gasteiger partial charge on any atom is 0.356 e. The SMILES string of the molecule is COc1cccc(-c2nc(C(=O)O)cn2-c2ccccc2F)c1. The molecule has 1 heterocycles. The summed E-state index contributed by atoms with van der Waals surface area (Å²) in [5.74, 6) is -0.718. The van der Waals surface area contributed by atoms with Gasteiger partial charge in [0.1, 0.15) is 17.4 Å². The fourth-order valence-corrected chi connectivity index (χ4v) is 2.28. The number of rotatable bonds is 4. The number of ether oxygens (including phenoxy) is 1. The molecule has 1 aromatic heterocycles. The Hall–Kier alpha value is -3.15. The fourth-order valence-electron chi connectivity index (χ4n) is 2.28. The third-order valence-corrected chi connectivity index (χ3v) is 3.36. The van der Waals surface area contributed by atoms with Crippen LogP contribution in [0.15, 0.2) is 54.7 Å². The molecule has 116 valence electrons. The van der Waals surface area contributed by atoms with Crippen LogP contribution in [0.4, 0.5) is 4.39 Å². The average Bonchev–Trinajstić information content (AvgIpc) is 3.01. The molecule has 0 atom stereocenters. The number of aromatic nitrogens is 2. The zero-order valence-electron chi connectivity index (χ0n) is 12.2. The van der Waals surface area contributed by atoms with Crippen molar-refractivity contribution >= 4 is 5.97 Å². The van der Waals surface area contributed by atoms with Gasteiger partial charge in [0.25, 0.3) is 0 Å². The average molecular weight is 312 g/mol. The van der Waals surface area contributed by atoms with Crippen molar-refractivity contribution in [3.8, 4) is 22.8 Å². The molecule has 0 aliphatic carbocycles. The number of benzene rings is 2. The van der Waals surface area contributed by atoms with Crippen LogP contribution in [0.25, 0.3) is 17.1 Å². The van der Waals surface area contributed by atoms with Crippen molar-refractivity contribution in [2.24, 2.45) is 0 Å². The number of nitrogens with zero attached hydrogens (tertiary/aromatic N) is 2. The van der Waals surface area contributed by atoms with E-state index in [-0.39, 0.29) is 11.4 Å². The third kappa shape index (κ3) is 2.78. The van der Waals surface area contributed by atoms with E-state index >= 15 is 0 Å². The third-order valence-electron chi connectivity index (χ3n) is 3.36. The summed E-state index contributed by atoms with van der Waals surface area (Å²) in [6.07, 6.45) is 1.30. The van der Waals surface area contributed by atoms with E-state index in [1.165, 1.54) is 23.9 Å². The number of carboxylic acid groups (broad SMARTS) is 1. The van der Waals surface area contributed by atoms with Gasteiger partial charge in [-0.2, -0.15) is 0 Å². The fraction of sp³-hybridized carbons (Fsp3) is 0.0588. The lowest BCUT2D eigenvalue weighted by atomic mass is 10.2. The molecule has 5 nitrogen and oxygen atoms in total. The Morgan fingerprint density at radius 3 is 2.70 bits per heavy atom. The molecule has 0 fully saturated rings. The van der Waals surface area contributed by atoms with Crippen molar-refractivity contribution in [3.63, 3.8) is 0 Å². The van der Waals surface area contributed by atoms with Crippen LogP contribution in [-0.2, 0) is 0 Å². The summed E-state index contributed by atoms with van der Waals surface area (Å²) in [5.41, 5.74) is 0.691. The van der Waals surface area contributed by atoms with Crippen molar-refractivity contribution in [2.45, 2.75) is 0 Å². The molecule has 3 rings (SSSR count). The van der Waals surface area contributed by atoms with Gasteiger partial charge >= 0.3 is 5.97 Å².